The Bertz CT molecular complexity index is 795. The van der Waals surface area contributed by atoms with Crippen molar-refractivity contribution in [1.82, 2.24) is 4.98 Å². The third-order valence-corrected chi connectivity index (χ3v) is 3.59. The minimum Gasteiger partial charge on any atom is -0.436 e. The van der Waals surface area contributed by atoms with E-state index in [1.54, 1.807) is 18.7 Å². The lowest BCUT2D eigenvalue weighted by molar-refractivity contribution is 0.0956. The molecule has 3 rings (SSSR count). The van der Waals surface area contributed by atoms with Crippen LogP contribution in [0.5, 0.6) is 0 Å². The van der Waals surface area contributed by atoms with E-state index in [9.17, 15) is 4.79 Å². The maximum absolute atomic E-state index is 13.0. The van der Waals surface area contributed by atoms with Crippen LogP contribution in [0.3, 0.4) is 0 Å². The highest BCUT2D eigenvalue weighted by atomic mass is 16.4. The van der Waals surface area contributed by atoms with Crippen LogP contribution < -0.4 is 4.90 Å². The van der Waals surface area contributed by atoms with Crippen LogP contribution in [0.2, 0.25) is 0 Å². The van der Waals surface area contributed by atoms with Crippen LogP contribution in [0.4, 0.5) is 5.69 Å². The molecule has 0 aliphatic heterocycles. The van der Waals surface area contributed by atoms with E-state index in [0.29, 0.717) is 23.9 Å². The van der Waals surface area contributed by atoms with Crippen molar-refractivity contribution in [1.29, 1.82) is 0 Å². The van der Waals surface area contributed by atoms with Gasteiger partial charge in [-0.25, -0.2) is 4.98 Å². The molecule has 0 N–H and O–H groups in total. The maximum Gasteiger partial charge on any atom is 0.296 e. The molecule has 0 spiro atoms. The zero-order valence-corrected chi connectivity index (χ0v) is 13.2. The van der Waals surface area contributed by atoms with Gasteiger partial charge in [-0.3, -0.25) is 4.79 Å². The smallest absolute Gasteiger partial charge is 0.296 e. The quantitative estimate of drug-likeness (QED) is 0.728. The van der Waals surface area contributed by atoms with Gasteiger partial charge in [0.15, 0.2) is 5.89 Å². The molecular weight excluding hydrogens is 288 g/mol. The van der Waals surface area contributed by atoms with E-state index < -0.39 is 0 Å². The third-order valence-electron chi connectivity index (χ3n) is 3.59. The summed E-state index contributed by atoms with van der Waals surface area (Å²) in [6, 6.07) is 19.5. The van der Waals surface area contributed by atoms with E-state index in [4.69, 9.17) is 4.42 Å². The first kappa shape index (κ1) is 15.0. The molecule has 3 aromatic rings. The predicted molar refractivity (Wildman–Crippen MR) is 89.4 cm³/mol. The summed E-state index contributed by atoms with van der Waals surface area (Å²) in [6.07, 6.45) is 0. The molecule has 4 nitrogen and oxygen atoms in total. The molecule has 1 heterocycles. The summed E-state index contributed by atoms with van der Waals surface area (Å²) in [6.45, 7) is 4.01. The average Bonchev–Trinajstić information content (AvgIpc) is 2.92. The topological polar surface area (TPSA) is 46.3 Å². The lowest BCUT2D eigenvalue weighted by Gasteiger charge is -2.22. The number of aromatic nitrogens is 1. The number of hydrogen-bond donors (Lipinski definition) is 0. The van der Waals surface area contributed by atoms with Crippen molar-refractivity contribution < 1.29 is 9.21 Å². The SMILES string of the molecule is Cc1nc(C)c(C(=O)N(Cc2ccccc2)c2ccccc2)o1. The number of benzene rings is 2. The van der Waals surface area contributed by atoms with Gasteiger partial charge in [0.1, 0.15) is 0 Å². The minimum absolute atomic E-state index is 0.182. The summed E-state index contributed by atoms with van der Waals surface area (Å²) in [5.41, 5.74) is 2.50. The summed E-state index contributed by atoms with van der Waals surface area (Å²) in [5.74, 6) is 0.610. The second-order valence-electron chi connectivity index (χ2n) is 5.36. The highest BCUT2D eigenvalue weighted by Gasteiger charge is 2.24. The molecule has 1 amide bonds. The average molecular weight is 306 g/mol. The molecule has 23 heavy (non-hydrogen) atoms. The third kappa shape index (κ3) is 3.31. The van der Waals surface area contributed by atoms with Crippen LogP contribution in [0.1, 0.15) is 27.7 Å². The lowest BCUT2D eigenvalue weighted by atomic mass is 10.2. The van der Waals surface area contributed by atoms with Gasteiger partial charge in [0.2, 0.25) is 5.76 Å². The van der Waals surface area contributed by atoms with Crippen LogP contribution in [0, 0.1) is 13.8 Å². The van der Waals surface area contributed by atoms with Gasteiger partial charge in [-0.2, -0.15) is 0 Å². The summed E-state index contributed by atoms with van der Waals surface area (Å²) in [5, 5.41) is 0. The van der Waals surface area contributed by atoms with Gasteiger partial charge < -0.3 is 9.32 Å². The van der Waals surface area contributed by atoms with Gasteiger partial charge in [0, 0.05) is 12.6 Å². The molecule has 0 saturated carbocycles. The second-order valence-corrected chi connectivity index (χ2v) is 5.36. The van der Waals surface area contributed by atoms with Crippen LogP contribution in [0.25, 0.3) is 0 Å². The van der Waals surface area contributed by atoms with Crippen LogP contribution >= 0.6 is 0 Å². The number of aryl methyl sites for hydroxylation is 2. The molecule has 0 saturated heterocycles. The normalized spacial score (nSPS) is 10.5. The van der Waals surface area contributed by atoms with E-state index in [0.717, 1.165) is 11.3 Å². The Morgan fingerprint density at radius 2 is 1.61 bits per heavy atom. The maximum atomic E-state index is 13.0. The van der Waals surface area contributed by atoms with Gasteiger partial charge >= 0.3 is 0 Å². The fourth-order valence-electron chi connectivity index (χ4n) is 2.51. The van der Waals surface area contributed by atoms with E-state index in [2.05, 4.69) is 4.98 Å². The van der Waals surface area contributed by atoms with Crippen molar-refractivity contribution in [3.05, 3.63) is 83.6 Å². The standard InChI is InChI=1S/C19H18N2O2/c1-14-18(23-15(2)20-14)19(22)21(17-11-7-4-8-12-17)13-16-9-5-3-6-10-16/h3-12H,13H2,1-2H3. The summed E-state index contributed by atoms with van der Waals surface area (Å²) >= 11 is 0. The molecule has 0 unspecified atom stereocenters. The first-order valence-corrected chi connectivity index (χ1v) is 7.50. The second kappa shape index (κ2) is 6.48. The Balaban J connectivity index is 1.98. The number of rotatable bonds is 4. The number of para-hydroxylation sites is 1. The van der Waals surface area contributed by atoms with Crippen molar-refractivity contribution in [3.63, 3.8) is 0 Å². The first-order chi connectivity index (χ1) is 11.1. The first-order valence-electron chi connectivity index (χ1n) is 7.50. The summed E-state index contributed by atoms with van der Waals surface area (Å²) in [7, 11) is 0. The fourth-order valence-corrected chi connectivity index (χ4v) is 2.51. The molecule has 116 valence electrons. The number of anilines is 1. The molecular formula is C19H18N2O2. The van der Waals surface area contributed by atoms with Gasteiger partial charge in [0.05, 0.1) is 12.2 Å². The largest absolute Gasteiger partial charge is 0.436 e. The monoisotopic (exact) mass is 306 g/mol. The van der Waals surface area contributed by atoms with E-state index >= 15 is 0 Å². The molecule has 0 bridgehead atoms. The van der Waals surface area contributed by atoms with Gasteiger partial charge in [-0.05, 0) is 24.6 Å². The highest BCUT2D eigenvalue weighted by Crippen LogP contribution is 2.21. The number of carbonyl (C=O) groups is 1. The Morgan fingerprint density at radius 1 is 1.00 bits per heavy atom. The Morgan fingerprint density at radius 3 is 2.17 bits per heavy atom. The van der Waals surface area contributed by atoms with E-state index in [-0.39, 0.29) is 5.91 Å². The minimum atomic E-state index is -0.182. The van der Waals surface area contributed by atoms with Gasteiger partial charge in [-0.15, -0.1) is 0 Å². The number of amides is 1. The zero-order chi connectivity index (χ0) is 16.2. The van der Waals surface area contributed by atoms with Crippen molar-refractivity contribution in [2.45, 2.75) is 20.4 Å². The van der Waals surface area contributed by atoms with Crippen LogP contribution in [0.15, 0.2) is 65.1 Å². The van der Waals surface area contributed by atoms with Gasteiger partial charge in [-0.1, -0.05) is 48.5 Å². The number of hydrogen-bond acceptors (Lipinski definition) is 3. The number of nitrogens with zero attached hydrogens (tertiary/aromatic N) is 2. The zero-order valence-electron chi connectivity index (χ0n) is 13.2. The van der Waals surface area contributed by atoms with Crippen molar-refractivity contribution in [2.24, 2.45) is 0 Å². The van der Waals surface area contributed by atoms with E-state index in [1.807, 2.05) is 60.7 Å². The molecule has 0 fully saturated rings. The van der Waals surface area contributed by atoms with Crippen molar-refractivity contribution >= 4 is 11.6 Å². The lowest BCUT2D eigenvalue weighted by Crippen LogP contribution is -2.30. The van der Waals surface area contributed by atoms with Crippen LogP contribution in [-0.4, -0.2) is 10.9 Å². The molecule has 1 aromatic heterocycles. The summed E-state index contributed by atoms with van der Waals surface area (Å²) < 4.78 is 5.51. The van der Waals surface area contributed by atoms with Crippen molar-refractivity contribution in [3.8, 4) is 0 Å². The van der Waals surface area contributed by atoms with Gasteiger partial charge in [0.25, 0.3) is 5.91 Å². The number of oxazole rings is 1. The molecule has 0 radical (unpaired) electrons. The Labute approximate surface area is 135 Å². The summed E-state index contributed by atoms with van der Waals surface area (Å²) in [4.78, 5) is 18.9. The van der Waals surface area contributed by atoms with Crippen molar-refractivity contribution in [2.75, 3.05) is 4.90 Å². The van der Waals surface area contributed by atoms with Crippen LogP contribution in [-0.2, 0) is 6.54 Å². The fraction of sp³-hybridized carbons (Fsp3) is 0.158. The molecule has 0 aliphatic carbocycles. The predicted octanol–water partition coefficient (Wildman–Crippen LogP) is 4.14. The molecule has 4 heteroatoms. The highest BCUT2D eigenvalue weighted by molar-refractivity contribution is 6.04. The van der Waals surface area contributed by atoms with E-state index in [1.165, 1.54) is 0 Å². The number of carbonyl (C=O) groups excluding carboxylic acids is 1. The Kier molecular flexibility index (Phi) is 4.24. The molecule has 2 aromatic carbocycles. The molecule has 0 atom stereocenters. The molecule has 0 aliphatic rings. The Hall–Kier alpha value is -2.88.